The summed E-state index contributed by atoms with van der Waals surface area (Å²) in [5.41, 5.74) is -0.965. The predicted octanol–water partition coefficient (Wildman–Crippen LogP) is -1.41. The van der Waals surface area contributed by atoms with Crippen LogP contribution < -0.4 is 0 Å². The molecule has 10 nitrogen and oxygen atoms in total. The fraction of sp³-hybridized carbons (Fsp3) is 0.467. The van der Waals surface area contributed by atoms with Crippen molar-refractivity contribution in [3.05, 3.63) is 39.7 Å². The third-order valence-corrected chi connectivity index (χ3v) is 7.07. The Morgan fingerprint density at radius 2 is 1.78 bits per heavy atom. The molecule has 1 aliphatic heterocycles. The van der Waals surface area contributed by atoms with Crippen LogP contribution in [0.15, 0.2) is 30.3 Å². The fourth-order valence-electron chi connectivity index (χ4n) is 2.76. The van der Waals surface area contributed by atoms with E-state index in [-0.39, 0.29) is 5.69 Å². The van der Waals surface area contributed by atoms with E-state index in [0.29, 0.717) is 9.39 Å². The van der Waals surface area contributed by atoms with Gasteiger partial charge in [0.1, 0.15) is 33.8 Å². The topological polar surface area (TPSA) is 155 Å². The maximum Gasteiger partial charge on any atom is 0.187 e. The van der Waals surface area contributed by atoms with Crippen LogP contribution in [0.3, 0.4) is 0 Å². The molecule has 2 heterocycles. The monoisotopic (exact) mass is 511 g/mol. The standard InChI is InChI=1S/C15H18IN3O7S/c16-14-9(17-18-19(14)8-4-2-1-3-5-8)7-27(24,25)15-13(23)12(22)11(21)10(6-20)26-15/h1-5,10-13,15,20-23H,6-7H2/t10-,11+,12+,13-,15?/m0/s1. The summed E-state index contributed by atoms with van der Waals surface area (Å²) in [6, 6.07) is 9.01. The molecule has 1 unspecified atom stereocenters. The van der Waals surface area contributed by atoms with E-state index in [0.717, 1.165) is 0 Å². The highest BCUT2D eigenvalue weighted by atomic mass is 127. The lowest BCUT2D eigenvalue weighted by atomic mass is 10.0. The van der Waals surface area contributed by atoms with Crippen molar-refractivity contribution in [1.82, 2.24) is 15.0 Å². The minimum Gasteiger partial charge on any atom is -0.394 e. The zero-order valence-electron chi connectivity index (χ0n) is 13.8. The Labute approximate surface area is 168 Å². The van der Waals surface area contributed by atoms with Crippen molar-refractivity contribution >= 4 is 32.4 Å². The number of hydrogen-bond acceptors (Lipinski definition) is 9. The number of aliphatic hydroxyl groups is 4. The molecule has 5 atom stereocenters. The SMILES string of the molecule is O=S(=O)(Cc1nnn(-c2ccccc2)c1I)C1O[C@@H](CO)[C@@H](O)[C@@H](O)[C@@H]1O. The van der Waals surface area contributed by atoms with E-state index in [9.17, 15) is 28.8 Å². The van der Waals surface area contributed by atoms with E-state index < -0.39 is 52.0 Å². The van der Waals surface area contributed by atoms with Crippen LogP contribution in [0.25, 0.3) is 5.69 Å². The van der Waals surface area contributed by atoms with Gasteiger partial charge in [-0.15, -0.1) is 5.10 Å². The zero-order valence-corrected chi connectivity index (χ0v) is 16.8. The molecule has 1 fully saturated rings. The molecule has 1 aliphatic rings. The first-order chi connectivity index (χ1) is 12.8. The molecule has 1 aromatic carbocycles. The number of nitrogens with zero attached hydrogens (tertiary/aromatic N) is 3. The van der Waals surface area contributed by atoms with Crippen molar-refractivity contribution < 1.29 is 33.6 Å². The quantitative estimate of drug-likeness (QED) is 0.355. The Morgan fingerprint density at radius 3 is 2.41 bits per heavy atom. The molecule has 4 N–H and O–H groups in total. The van der Waals surface area contributed by atoms with Crippen molar-refractivity contribution in [2.45, 2.75) is 35.6 Å². The van der Waals surface area contributed by atoms with Gasteiger partial charge < -0.3 is 25.2 Å². The molecule has 2 aromatic rings. The van der Waals surface area contributed by atoms with Crippen LogP contribution in [-0.4, -0.2) is 80.3 Å². The van der Waals surface area contributed by atoms with Gasteiger partial charge in [-0.1, -0.05) is 23.4 Å². The molecule has 3 rings (SSSR count). The lowest BCUT2D eigenvalue weighted by Gasteiger charge is -2.39. The Bertz CT molecular complexity index is 890. The molecular formula is C15H18IN3O7S. The van der Waals surface area contributed by atoms with E-state index in [2.05, 4.69) is 10.3 Å². The molecule has 1 aromatic heterocycles. The fourth-order valence-corrected chi connectivity index (χ4v) is 5.33. The minimum atomic E-state index is -4.15. The van der Waals surface area contributed by atoms with Gasteiger partial charge in [0.2, 0.25) is 0 Å². The molecule has 1 saturated heterocycles. The van der Waals surface area contributed by atoms with Gasteiger partial charge in [-0.05, 0) is 34.7 Å². The highest BCUT2D eigenvalue weighted by Gasteiger charge is 2.49. The smallest absolute Gasteiger partial charge is 0.187 e. The first kappa shape index (κ1) is 20.6. The van der Waals surface area contributed by atoms with Crippen molar-refractivity contribution in [2.75, 3.05) is 6.61 Å². The number of sulfone groups is 1. The number of hydrogen-bond donors (Lipinski definition) is 4. The first-order valence-corrected chi connectivity index (χ1v) is 10.7. The molecular weight excluding hydrogens is 493 g/mol. The largest absolute Gasteiger partial charge is 0.394 e. The van der Waals surface area contributed by atoms with Crippen molar-refractivity contribution in [1.29, 1.82) is 0 Å². The molecule has 0 amide bonds. The van der Waals surface area contributed by atoms with E-state index >= 15 is 0 Å². The highest BCUT2D eigenvalue weighted by molar-refractivity contribution is 14.1. The summed E-state index contributed by atoms with van der Waals surface area (Å²) >= 11 is 1.92. The normalized spacial score (nSPS) is 29.0. The first-order valence-electron chi connectivity index (χ1n) is 7.94. The molecule has 12 heteroatoms. The predicted molar refractivity (Wildman–Crippen MR) is 100 cm³/mol. The average molecular weight is 511 g/mol. The summed E-state index contributed by atoms with van der Waals surface area (Å²) in [6.07, 6.45) is -6.57. The summed E-state index contributed by atoms with van der Waals surface area (Å²) in [4.78, 5) is 0. The van der Waals surface area contributed by atoms with Gasteiger partial charge in [0.05, 0.1) is 18.0 Å². The van der Waals surface area contributed by atoms with Gasteiger partial charge >= 0.3 is 0 Å². The lowest BCUT2D eigenvalue weighted by Crippen LogP contribution is -2.60. The zero-order chi connectivity index (χ0) is 19.8. The number of aliphatic hydroxyl groups excluding tert-OH is 4. The maximum absolute atomic E-state index is 12.7. The summed E-state index contributed by atoms with van der Waals surface area (Å²) < 4.78 is 32.6. The van der Waals surface area contributed by atoms with Gasteiger partial charge in [0.25, 0.3) is 0 Å². The van der Waals surface area contributed by atoms with Gasteiger partial charge in [0, 0.05) is 0 Å². The Balaban J connectivity index is 1.86. The van der Waals surface area contributed by atoms with Gasteiger partial charge in [-0.2, -0.15) is 0 Å². The van der Waals surface area contributed by atoms with Crippen molar-refractivity contribution in [2.24, 2.45) is 0 Å². The molecule has 0 bridgehead atoms. The van der Waals surface area contributed by atoms with E-state index in [4.69, 9.17) is 4.74 Å². The molecule has 0 saturated carbocycles. The van der Waals surface area contributed by atoms with Crippen LogP contribution in [0.5, 0.6) is 0 Å². The van der Waals surface area contributed by atoms with Crippen LogP contribution in [0.4, 0.5) is 0 Å². The number of halogens is 1. The summed E-state index contributed by atoms with van der Waals surface area (Å²) in [5, 5.41) is 46.7. The maximum atomic E-state index is 12.7. The van der Waals surface area contributed by atoms with Crippen LogP contribution in [0.2, 0.25) is 0 Å². The Morgan fingerprint density at radius 1 is 1.11 bits per heavy atom. The van der Waals surface area contributed by atoms with Gasteiger partial charge in [0.15, 0.2) is 15.3 Å². The molecule has 0 radical (unpaired) electrons. The number of aromatic nitrogens is 3. The number of rotatable bonds is 5. The van der Waals surface area contributed by atoms with Crippen LogP contribution in [-0.2, 0) is 20.3 Å². The number of benzene rings is 1. The van der Waals surface area contributed by atoms with Crippen LogP contribution in [0, 0.1) is 3.70 Å². The van der Waals surface area contributed by atoms with Gasteiger partial charge in [-0.25, -0.2) is 13.1 Å². The van der Waals surface area contributed by atoms with Crippen molar-refractivity contribution in [3.63, 3.8) is 0 Å². The number of ether oxygens (including phenoxy) is 1. The minimum absolute atomic E-state index is 0.149. The highest BCUT2D eigenvalue weighted by Crippen LogP contribution is 2.27. The molecule has 27 heavy (non-hydrogen) atoms. The van der Waals surface area contributed by atoms with Crippen LogP contribution in [0.1, 0.15) is 5.69 Å². The summed E-state index contributed by atoms with van der Waals surface area (Å²) in [5.74, 6) is -0.596. The third kappa shape index (κ3) is 4.01. The number of para-hydroxylation sites is 1. The third-order valence-electron chi connectivity index (χ3n) is 4.22. The van der Waals surface area contributed by atoms with Crippen LogP contribution >= 0.6 is 22.6 Å². The molecule has 0 spiro atoms. The van der Waals surface area contributed by atoms with Gasteiger partial charge in [-0.3, -0.25) is 0 Å². The second kappa shape index (κ2) is 8.06. The summed E-state index contributed by atoms with van der Waals surface area (Å²) in [7, 11) is -4.15. The molecule has 0 aliphatic carbocycles. The Kier molecular flexibility index (Phi) is 6.14. The van der Waals surface area contributed by atoms with E-state index in [1.54, 1.807) is 24.3 Å². The second-order valence-electron chi connectivity index (χ2n) is 6.08. The average Bonchev–Trinajstić information content (AvgIpc) is 3.00. The van der Waals surface area contributed by atoms with Crippen molar-refractivity contribution in [3.8, 4) is 5.69 Å². The lowest BCUT2D eigenvalue weighted by molar-refractivity contribution is -0.207. The summed E-state index contributed by atoms with van der Waals surface area (Å²) in [6.45, 7) is -0.710. The molecule has 148 valence electrons. The van der Waals surface area contributed by atoms with E-state index in [1.165, 1.54) is 4.68 Å². The Hall–Kier alpha value is -1.16. The second-order valence-corrected chi connectivity index (χ2v) is 9.18. The van der Waals surface area contributed by atoms with E-state index in [1.807, 2.05) is 28.7 Å².